The molecule has 0 aliphatic heterocycles. The van der Waals surface area contributed by atoms with E-state index >= 15 is 0 Å². The van der Waals surface area contributed by atoms with Gasteiger partial charge in [0.1, 0.15) is 0 Å². The summed E-state index contributed by atoms with van der Waals surface area (Å²) in [5.74, 6) is 0. The summed E-state index contributed by atoms with van der Waals surface area (Å²) in [6, 6.07) is 30.9. The van der Waals surface area contributed by atoms with E-state index in [1.807, 2.05) is 0 Å². The largest absolute Gasteiger partial charge is 0.0619 e. The van der Waals surface area contributed by atoms with Crippen LogP contribution in [0.25, 0.3) is 33.0 Å². The molecule has 0 unspecified atom stereocenters. The molecule has 0 saturated carbocycles. The molecule has 4 aromatic carbocycles. The molecular weight excluding hydrogens is 276 g/mol. The highest BCUT2D eigenvalue weighted by Gasteiger charge is 2.18. The van der Waals surface area contributed by atoms with Crippen molar-refractivity contribution in [2.45, 2.75) is 6.42 Å². The summed E-state index contributed by atoms with van der Waals surface area (Å²) in [4.78, 5) is 0. The lowest BCUT2D eigenvalue weighted by Gasteiger charge is -2.07. The van der Waals surface area contributed by atoms with Crippen LogP contribution in [-0.4, -0.2) is 0 Å². The molecule has 0 bridgehead atoms. The second-order valence-corrected chi connectivity index (χ2v) is 6.27. The van der Waals surface area contributed by atoms with E-state index in [0.29, 0.717) is 0 Å². The van der Waals surface area contributed by atoms with Crippen LogP contribution in [0.1, 0.15) is 11.1 Å². The molecule has 0 heterocycles. The first kappa shape index (κ1) is 12.7. The maximum Gasteiger partial charge on any atom is -0.00134 e. The molecule has 1 aliphatic rings. The minimum absolute atomic E-state index is 1.06. The molecule has 0 N–H and O–H groups in total. The molecule has 1 aliphatic carbocycles. The number of fused-ring (bicyclic) bond motifs is 4. The van der Waals surface area contributed by atoms with E-state index in [1.165, 1.54) is 44.2 Å². The fourth-order valence-corrected chi connectivity index (χ4v) is 3.67. The second kappa shape index (κ2) is 4.82. The Morgan fingerprint density at radius 3 is 2.13 bits per heavy atom. The molecule has 5 rings (SSSR count). The Bertz CT molecular complexity index is 1040. The van der Waals surface area contributed by atoms with Crippen molar-refractivity contribution in [3.63, 3.8) is 0 Å². The van der Waals surface area contributed by atoms with Crippen LogP contribution in [0.5, 0.6) is 0 Å². The van der Waals surface area contributed by atoms with E-state index in [2.05, 4.69) is 84.9 Å². The molecule has 0 saturated heterocycles. The number of benzene rings is 4. The van der Waals surface area contributed by atoms with Crippen LogP contribution in [0.3, 0.4) is 0 Å². The Hall–Kier alpha value is -2.86. The highest BCUT2D eigenvalue weighted by Crippen LogP contribution is 2.39. The van der Waals surface area contributed by atoms with E-state index < -0.39 is 0 Å². The lowest BCUT2D eigenvalue weighted by molar-refractivity contribution is 1.26. The van der Waals surface area contributed by atoms with Gasteiger partial charge in [0, 0.05) is 0 Å². The number of hydrogen-bond acceptors (Lipinski definition) is 0. The second-order valence-electron chi connectivity index (χ2n) is 6.27. The maximum atomic E-state index is 2.35. The van der Waals surface area contributed by atoms with Crippen molar-refractivity contribution in [1.82, 2.24) is 0 Å². The van der Waals surface area contributed by atoms with Crippen LogP contribution in [-0.2, 0) is 6.42 Å². The third-order valence-corrected chi connectivity index (χ3v) is 4.88. The molecule has 0 nitrogen and oxygen atoms in total. The average Bonchev–Trinajstić information content (AvgIpc) is 2.99. The predicted molar refractivity (Wildman–Crippen MR) is 97.6 cm³/mol. The first-order chi connectivity index (χ1) is 11.4. The van der Waals surface area contributed by atoms with Crippen molar-refractivity contribution in [2.75, 3.05) is 0 Å². The van der Waals surface area contributed by atoms with Crippen molar-refractivity contribution in [1.29, 1.82) is 0 Å². The van der Waals surface area contributed by atoms with Crippen molar-refractivity contribution < 1.29 is 0 Å². The summed E-state index contributed by atoms with van der Waals surface area (Å²) < 4.78 is 0. The van der Waals surface area contributed by atoms with Gasteiger partial charge in [0.25, 0.3) is 0 Å². The van der Waals surface area contributed by atoms with Crippen LogP contribution >= 0.6 is 0 Å². The van der Waals surface area contributed by atoms with E-state index in [-0.39, 0.29) is 0 Å². The van der Waals surface area contributed by atoms with Crippen LogP contribution in [0.2, 0.25) is 0 Å². The lowest BCUT2D eigenvalue weighted by Crippen LogP contribution is -1.83. The normalized spacial score (nSPS) is 12.2. The maximum absolute atomic E-state index is 2.35. The third-order valence-electron chi connectivity index (χ3n) is 4.88. The zero-order valence-electron chi connectivity index (χ0n) is 12.8. The Morgan fingerprint density at radius 2 is 1.17 bits per heavy atom. The van der Waals surface area contributed by atoms with E-state index in [0.717, 1.165) is 6.42 Å². The van der Waals surface area contributed by atoms with Gasteiger partial charge in [0.2, 0.25) is 0 Å². The van der Waals surface area contributed by atoms with Gasteiger partial charge in [0.15, 0.2) is 0 Å². The van der Waals surface area contributed by atoms with Crippen molar-refractivity contribution in [3.8, 4) is 22.3 Å². The molecule has 0 fully saturated rings. The van der Waals surface area contributed by atoms with Gasteiger partial charge < -0.3 is 0 Å². The summed E-state index contributed by atoms with van der Waals surface area (Å²) in [7, 11) is 0. The third kappa shape index (κ3) is 1.99. The van der Waals surface area contributed by atoms with Gasteiger partial charge in [-0.2, -0.15) is 0 Å². The highest BCUT2D eigenvalue weighted by atomic mass is 14.2. The van der Waals surface area contributed by atoms with Gasteiger partial charge in [-0.1, -0.05) is 72.8 Å². The molecule has 23 heavy (non-hydrogen) atoms. The first-order valence-electron chi connectivity index (χ1n) is 8.09. The molecule has 0 spiro atoms. The van der Waals surface area contributed by atoms with Crippen LogP contribution in [0.15, 0.2) is 84.9 Å². The zero-order chi connectivity index (χ0) is 15.2. The first-order valence-corrected chi connectivity index (χ1v) is 8.09. The number of rotatable bonds is 1. The summed E-state index contributed by atoms with van der Waals surface area (Å²) in [5, 5.41) is 2.59. The number of hydrogen-bond donors (Lipinski definition) is 0. The van der Waals surface area contributed by atoms with Gasteiger partial charge in [0.05, 0.1) is 0 Å². The SMILES string of the molecule is c1ccc2c(c1)Cc1ccc(-c3ccc4ccccc4c3)cc1-2. The van der Waals surface area contributed by atoms with Crippen LogP contribution in [0.4, 0.5) is 0 Å². The Morgan fingerprint density at radius 1 is 0.478 bits per heavy atom. The molecule has 0 amide bonds. The minimum atomic E-state index is 1.06. The van der Waals surface area contributed by atoms with Gasteiger partial charge in [-0.3, -0.25) is 0 Å². The smallest absolute Gasteiger partial charge is 0.00134 e. The van der Waals surface area contributed by atoms with E-state index in [1.54, 1.807) is 0 Å². The molecule has 0 aromatic heterocycles. The van der Waals surface area contributed by atoms with Gasteiger partial charge >= 0.3 is 0 Å². The molecule has 0 atom stereocenters. The van der Waals surface area contributed by atoms with Gasteiger partial charge in [-0.15, -0.1) is 0 Å². The topological polar surface area (TPSA) is 0 Å². The average molecular weight is 292 g/mol. The monoisotopic (exact) mass is 292 g/mol. The molecule has 0 radical (unpaired) electrons. The Labute approximate surface area is 136 Å². The van der Waals surface area contributed by atoms with Crippen molar-refractivity contribution in [2.24, 2.45) is 0 Å². The molecule has 4 aromatic rings. The van der Waals surface area contributed by atoms with Crippen LogP contribution < -0.4 is 0 Å². The minimum Gasteiger partial charge on any atom is -0.0619 e. The van der Waals surface area contributed by atoms with Gasteiger partial charge in [-0.25, -0.2) is 0 Å². The molecule has 108 valence electrons. The summed E-state index contributed by atoms with van der Waals surface area (Å²) >= 11 is 0. The lowest BCUT2D eigenvalue weighted by atomic mass is 9.97. The fraction of sp³-hybridized carbons (Fsp3) is 0.0435. The standard InChI is InChI=1S/C23H16/c1-2-6-17-13-18(10-9-16(17)5-1)19-11-12-21-14-20-7-3-4-8-22(20)23(21)15-19/h1-13,15H,14H2. The van der Waals surface area contributed by atoms with E-state index in [4.69, 9.17) is 0 Å². The Balaban J connectivity index is 1.67. The predicted octanol–water partition coefficient (Wildman–Crippen LogP) is 6.08. The molecule has 0 heteroatoms. The van der Waals surface area contributed by atoms with Crippen molar-refractivity contribution >= 4 is 10.8 Å². The zero-order valence-corrected chi connectivity index (χ0v) is 12.8. The fourth-order valence-electron chi connectivity index (χ4n) is 3.67. The van der Waals surface area contributed by atoms with Gasteiger partial charge in [-0.05, 0) is 62.7 Å². The quantitative estimate of drug-likeness (QED) is 0.351. The summed E-state index contributed by atoms with van der Waals surface area (Å²) in [6.45, 7) is 0. The van der Waals surface area contributed by atoms with E-state index in [9.17, 15) is 0 Å². The van der Waals surface area contributed by atoms with Crippen LogP contribution in [0, 0.1) is 0 Å². The summed E-state index contributed by atoms with van der Waals surface area (Å²) in [5.41, 5.74) is 8.26. The highest BCUT2D eigenvalue weighted by molar-refractivity contribution is 5.88. The molecular formula is C23H16. The summed E-state index contributed by atoms with van der Waals surface area (Å²) in [6.07, 6.45) is 1.06. The van der Waals surface area contributed by atoms with Crippen molar-refractivity contribution in [3.05, 3.63) is 96.1 Å². The Kier molecular flexibility index (Phi) is 2.65.